The first-order valence-corrected chi connectivity index (χ1v) is 10.5. The number of thiazole rings is 1. The molecule has 0 atom stereocenters. The molecule has 0 bridgehead atoms. The van der Waals surface area contributed by atoms with Crippen molar-refractivity contribution in [1.82, 2.24) is 4.98 Å². The predicted molar refractivity (Wildman–Crippen MR) is 104 cm³/mol. The first kappa shape index (κ1) is 18.8. The smallest absolute Gasteiger partial charge is 0.227 e. The number of carbonyl (C=O) groups excluding carboxylic acids is 1. The number of hydrogen-bond donors (Lipinski definition) is 1. The number of sulfone groups is 1. The van der Waals surface area contributed by atoms with Crippen LogP contribution in [0.1, 0.15) is 12.0 Å². The summed E-state index contributed by atoms with van der Waals surface area (Å²) in [7, 11) is -3.50. The summed E-state index contributed by atoms with van der Waals surface area (Å²) in [4.78, 5) is 16.6. The number of carbonyl (C=O) groups is 1. The average molecular weight is 397 g/mol. The van der Waals surface area contributed by atoms with Gasteiger partial charge in [0.1, 0.15) is 0 Å². The van der Waals surface area contributed by atoms with E-state index in [1.165, 1.54) is 23.5 Å². The highest BCUT2D eigenvalue weighted by Crippen LogP contribution is 2.25. The maximum Gasteiger partial charge on any atom is 0.227 e. The van der Waals surface area contributed by atoms with E-state index in [4.69, 9.17) is 5.26 Å². The van der Waals surface area contributed by atoms with E-state index in [0.717, 1.165) is 5.56 Å². The number of nitrogens with zero attached hydrogens (tertiary/aromatic N) is 2. The molecular formula is C19H15N3O3S2. The van der Waals surface area contributed by atoms with Crippen molar-refractivity contribution in [2.45, 2.75) is 11.3 Å². The van der Waals surface area contributed by atoms with Gasteiger partial charge in [0, 0.05) is 17.4 Å². The van der Waals surface area contributed by atoms with Crippen molar-refractivity contribution < 1.29 is 13.2 Å². The molecule has 3 rings (SSSR count). The lowest BCUT2D eigenvalue weighted by molar-refractivity contribution is -0.115. The highest BCUT2D eigenvalue weighted by molar-refractivity contribution is 7.91. The van der Waals surface area contributed by atoms with Crippen LogP contribution < -0.4 is 5.32 Å². The number of hydrogen-bond acceptors (Lipinski definition) is 6. The number of anilines is 1. The largest absolute Gasteiger partial charge is 0.302 e. The molecule has 6 nitrogen and oxygen atoms in total. The molecule has 0 fully saturated rings. The summed E-state index contributed by atoms with van der Waals surface area (Å²) in [6.07, 6.45) is -0.150. The summed E-state index contributed by atoms with van der Waals surface area (Å²) in [6.45, 7) is 0. The van der Waals surface area contributed by atoms with Gasteiger partial charge in [-0.3, -0.25) is 4.79 Å². The van der Waals surface area contributed by atoms with Crippen molar-refractivity contribution in [2.75, 3.05) is 11.1 Å². The van der Waals surface area contributed by atoms with Crippen molar-refractivity contribution in [3.05, 3.63) is 65.5 Å². The van der Waals surface area contributed by atoms with E-state index < -0.39 is 15.7 Å². The fraction of sp³-hybridized carbons (Fsp3) is 0.105. The van der Waals surface area contributed by atoms with E-state index in [9.17, 15) is 13.2 Å². The molecule has 0 aliphatic carbocycles. The van der Waals surface area contributed by atoms with E-state index in [1.54, 1.807) is 47.8 Å². The van der Waals surface area contributed by atoms with Crippen LogP contribution in [0.5, 0.6) is 0 Å². The van der Waals surface area contributed by atoms with Crippen molar-refractivity contribution in [3.63, 3.8) is 0 Å². The van der Waals surface area contributed by atoms with Crippen LogP contribution in [0.3, 0.4) is 0 Å². The van der Waals surface area contributed by atoms with Gasteiger partial charge in [-0.2, -0.15) is 5.26 Å². The molecule has 2 aromatic carbocycles. The fourth-order valence-corrected chi connectivity index (χ4v) is 4.33. The zero-order chi connectivity index (χ0) is 19.3. The lowest BCUT2D eigenvalue weighted by Gasteiger charge is -2.04. The average Bonchev–Trinajstić information content (AvgIpc) is 3.15. The number of nitriles is 1. The van der Waals surface area contributed by atoms with E-state index in [1.807, 2.05) is 0 Å². The normalized spacial score (nSPS) is 10.9. The molecule has 0 aliphatic rings. The molecule has 0 aliphatic heterocycles. The monoisotopic (exact) mass is 397 g/mol. The first-order valence-electron chi connectivity index (χ1n) is 8.02. The Morgan fingerprint density at radius 1 is 1.11 bits per heavy atom. The van der Waals surface area contributed by atoms with Gasteiger partial charge in [0.05, 0.1) is 28.0 Å². The summed E-state index contributed by atoms with van der Waals surface area (Å²) in [5.74, 6) is -0.674. The van der Waals surface area contributed by atoms with Crippen LogP contribution in [-0.4, -0.2) is 25.1 Å². The quantitative estimate of drug-likeness (QED) is 0.686. The minimum atomic E-state index is -3.50. The Balaban J connectivity index is 1.60. The maximum atomic E-state index is 12.2. The topological polar surface area (TPSA) is 99.9 Å². The van der Waals surface area contributed by atoms with Crippen LogP contribution in [0.4, 0.5) is 5.13 Å². The fourth-order valence-electron chi connectivity index (χ4n) is 2.33. The Bertz CT molecular complexity index is 1080. The maximum absolute atomic E-state index is 12.2. The second-order valence-electron chi connectivity index (χ2n) is 5.66. The summed E-state index contributed by atoms with van der Waals surface area (Å²) in [5, 5.41) is 13.6. The van der Waals surface area contributed by atoms with Crippen LogP contribution in [0.15, 0.2) is 64.9 Å². The van der Waals surface area contributed by atoms with Crippen molar-refractivity contribution in [3.8, 4) is 17.3 Å². The highest BCUT2D eigenvalue weighted by Gasteiger charge is 2.17. The zero-order valence-corrected chi connectivity index (χ0v) is 15.8. The van der Waals surface area contributed by atoms with Gasteiger partial charge in [-0.1, -0.05) is 30.3 Å². The van der Waals surface area contributed by atoms with E-state index in [0.29, 0.717) is 16.4 Å². The Morgan fingerprint density at radius 2 is 1.81 bits per heavy atom. The molecule has 0 unspecified atom stereocenters. The summed E-state index contributed by atoms with van der Waals surface area (Å²) in [6, 6.07) is 17.1. The Morgan fingerprint density at radius 3 is 2.48 bits per heavy atom. The number of benzene rings is 2. The summed E-state index contributed by atoms with van der Waals surface area (Å²) < 4.78 is 24.4. The molecule has 0 spiro atoms. The van der Waals surface area contributed by atoms with Crippen LogP contribution in [-0.2, 0) is 14.6 Å². The predicted octanol–water partition coefficient (Wildman–Crippen LogP) is 3.48. The molecule has 0 saturated heterocycles. The molecule has 27 heavy (non-hydrogen) atoms. The molecule has 1 heterocycles. The third-order valence-corrected chi connectivity index (χ3v) is 6.25. The summed E-state index contributed by atoms with van der Waals surface area (Å²) in [5.41, 5.74) is 2.07. The van der Waals surface area contributed by atoms with Gasteiger partial charge >= 0.3 is 0 Å². The minimum absolute atomic E-state index is 0.150. The van der Waals surface area contributed by atoms with Crippen molar-refractivity contribution >= 4 is 32.2 Å². The van der Waals surface area contributed by atoms with Crippen LogP contribution in [0, 0.1) is 11.3 Å². The standard InChI is InChI=1S/C19H15N3O3S2/c20-12-14-6-8-15(9-7-14)17-13-26-19(21-17)22-18(23)10-11-27(24,25)16-4-2-1-3-5-16/h1-9,13H,10-11H2,(H,21,22,23). The van der Waals surface area contributed by atoms with E-state index >= 15 is 0 Å². The number of rotatable bonds is 6. The first-order chi connectivity index (χ1) is 13.0. The third-order valence-electron chi connectivity index (χ3n) is 3.76. The zero-order valence-electron chi connectivity index (χ0n) is 14.1. The van der Waals surface area contributed by atoms with Gasteiger partial charge in [0.25, 0.3) is 0 Å². The number of aromatic nitrogens is 1. The van der Waals surface area contributed by atoms with Gasteiger partial charge in [-0.05, 0) is 24.3 Å². The molecule has 0 radical (unpaired) electrons. The number of nitrogens with one attached hydrogen (secondary N) is 1. The van der Waals surface area contributed by atoms with Gasteiger partial charge in [-0.15, -0.1) is 11.3 Å². The lowest BCUT2D eigenvalue weighted by Crippen LogP contribution is -2.17. The van der Waals surface area contributed by atoms with E-state index in [-0.39, 0.29) is 17.1 Å². The molecule has 0 saturated carbocycles. The van der Waals surface area contributed by atoms with Crippen molar-refractivity contribution in [2.24, 2.45) is 0 Å². The molecule has 8 heteroatoms. The molecule has 1 aromatic heterocycles. The number of amides is 1. The lowest BCUT2D eigenvalue weighted by atomic mass is 10.1. The van der Waals surface area contributed by atoms with Crippen LogP contribution >= 0.6 is 11.3 Å². The molecule has 136 valence electrons. The van der Waals surface area contributed by atoms with Gasteiger partial charge < -0.3 is 5.32 Å². The van der Waals surface area contributed by atoms with Gasteiger partial charge in [0.15, 0.2) is 15.0 Å². The van der Waals surface area contributed by atoms with Gasteiger partial charge in [0.2, 0.25) is 5.91 Å². The molecule has 3 aromatic rings. The second-order valence-corrected chi connectivity index (χ2v) is 8.62. The third kappa shape index (κ3) is 4.78. The van der Waals surface area contributed by atoms with E-state index in [2.05, 4.69) is 16.4 Å². The Labute approximate surface area is 161 Å². The SMILES string of the molecule is N#Cc1ccc(-c2csc(NC(=O)CCS(=O)(=O)c3ccccc3)n2)cc1. The molecule has 1 amide bonds. The molecule has 1 N–H and O–H groups in total. The Hall–Kier alpha value is -3.02. The summed E-state index contributed by atoms with van der Waals surface area (Å²) >= 11 is 1.25. The Kier molecular flexibility index (Phi) is 5.64. The second kappa shape index (κ2) is 8.12. The van der Waals surface area contributed by atoms with Crippen LogP contribution in [0.2, 0.25) is 0 Å². The highest BCUT2D eigenvalue weighted by atomic mass is 32.2. The minimum Gasteiger partial charge on any atom is -0.302 e. The van der Waals surface area contributed by atoms with Gasteiger partial charge in [-0.25, -0.2) is 13.4 Å². The molecular weight excluding hydrogens is 382 g/mol. The van der Waals surface area contributed by atoms with Crippen LogP contribution in [0.25, 0.3) is 11.3 Å². The van der Waals surface area contributed by atoms with Crippen molar-refractivity contribution in [1.29, 1.82) is 5.26 Å².